The van der Waals surface area contributed by atoms with Crippen LogP contribution in [-0.4, -0.2) is 49.3 Å². The molecule has 0 aromatic carbocycles. The van der Waals surface area contributed by atoms with Crippen LogP contribution in [0.2, 0.25) is 0 Å². The largest absolute Gasteiger partial charge is 4.00 e. The van der Waals surface area contributed by atoms with Gasteiger partial charge in [-0.2, -0.15) is 21.0 Å². The molecule has 0 nitrogen and oxygen atoms in total. The molecule has 0 N–H and O–H groups in total. The Balaban J connectivity index is -0.000000157. The van der Waals surface area contributed by atoms with Crippen molar-refractivity contribution in [2.75, 3.05) is 49.3 Å². The van der Waals surface area contributed by atoms with Gasteiger partial charge in [0.05, 0.1) is 0 Å². The second-order valence-corrected chi connectivity index (χ2v) is 41.5. The predicted octanol–water partition coefficient (Wildman–Crippen LogP) is 14.1. The van der Waals surface area contributed by atoms with E-state index in [1.807, 2.05) is 0 Å². The van der Waals surface area contributed by atoms with Crippen molar-refractivity contribution in [3.63, 3.8) is 0 Å². The molecule has 0 aromatic heterocycles. The first kappa shape index (κ1) is 59.0. The first-order valence-electron chi connectivity index (χ1n) is 17.6. The Morgan fingerprint density at radius 1 is 0.289 bits per heavy atom. The SMILES string of the molecule is CCCCP(=S)([S-])CCCC.CCCCP(=S)([S-])CCCC.CCCCP(=S)([S-])CCCC.CCCCP(=S)([S-])CCCC.[Ti+4]. The molecule has 0 rings (SSSR count). The maximum Gasteiger partial charge on any atom is 4.00 e. The first-order valence-corrected chi connectivity index (χ1v) is 34.4. The summed E-state index contributed by atoms with van der Waals surface area (Å²) in [6.07, 6.45) is 29.0. The normalized spacial score (nSPS) is 11.6. The van der Waals surface area contributed by atoms with Crippen LogP contribution in [0.25, 0.3) is 0 Å². The van der Waals surface area contributed by atoms with E-state index in [9.17, 15) is 0 Å². The molecule has 0 bridgehead atoms. The topological polar surface area (TPSA) is 0 Å². The summed E-state index contributed by atoms with van der Waals surface area (Å²) >= 11 is 43.2. The van der Waals surface area contributed by atoms with Crippen LogP contribution < -0.4 is 0 Å². The molecule has 272 valence electrons. The van der Waals surface area contributed by atoms with Gasteiger partial charge >= 0.3 is 21.7 Å². The fraction of sp³-hybridized carbons (Fsp3) is 1.00. The van der Waals surface area contributed by atoms with Crippen molar-refractivity contribution >= 4 is 117 Å². The summed E-state index contributed by atoms with van der Waals surface area (Å²) in [6, 6.07) is 0. The monoisotopic (exact) mass is 884 g/mol. The Kier molecular flexibility index (Phi) is 52.3. The summed E-state index contributed by atoms with van der Waals surface area (Å²) in [7, 11) is 0. The summed E-state index contributed by atoms with van der Waals surface area (Å²) in [5.41, 5.74) is 0. The zero-order valence-electron chi connectivity index (χ0n) is 30.5. The quantitative estimate of drug-likeness (QED) is 0.0527. The second-order valence-electron chi connectivity index (χ2n) is 11.9. The van der Waals surface area contributed by atoms with Gasteiger partial charge in [0.25, 0.3) is 0 Å². The molecule has 0 aliphatic rings. The summed E-state index contributed by atoms with van der Waals surface area (Å²) < 4.78 is 0. The van der Waals surface area contributed by atoms with Gasteiger partial charge in [-0.25, -0.2) is 0 Å². The van der Waals surface area contributed by atoms with Gasteiger partial charge in [-0.1, -0.05) is 158 Å². The zero-order valence-corrected chi connectivity index (χ0v) is 42.2. The third kappa shape index (κ3) is 53.2. The van der Waals surface area contributed by atoms with Gasteiger partial charge in [-0.3, -0.25) is 0 Å². The number of rotatable bonds is 24. The molecule has 0 unspecified atom stereocenters. The van der Waals surface area contributed by atoms with Gasteiger partial charge < -0.3 is 49.0 Å². The molecule has 0 radical (unpaired) electrons. The molecule has 0 aromatic rings. The van der Waals surface area contributed by atoms with Crippen molar-refractivity contribution < 1.29 is 21.7 Å². The molecule has 0 spiro atoms. The molecular formula is C32H72P4S8Ti. The molecular weight excluding hydrogens is 813 g/mol. The molecule has 13 heteroatoms. The molecule has 0 atom stereocenters. The van der Waals surface area contributed by atoms with Crippen molar-refractivity contribution in [3.8, 4) is 0 Å². The predicted molar refractivity (Wildman–Crippen MR) is 245 cm³/mol. The van der Waals surface area contributed by atoms with E-state index in [1.165, 1.54) is 103 Å². The maximum absolute atomic E-state index is 5.40. The van der Waals surface area contributed by atoms with Crippen molar-refractivity contribution in [1.82, 2.24) is 0 Å². The average Bonchev–Trinajstić information content (AvgIpc) is 2.98. The number of hydrogen-bond donors (Lipinski definition) is 0. The van der Waals surface area contributed by atoms with Gasteiger partial charge in [0.15, 0.2) is 0 Å². The van der Waals surface area contributed by atoms with Gasteiger partial charge in [0.2, 0.25) is 0 Å². The molecule has 45 heavy (non-hydrogen) atoms. The van der Waals surface area contributed by atoms with E-state index in [0.29, 0.717) is 0 Å². The fourth-order valence-electron chi connectivity index (χ4n) is 3.64. The Bertz CT molecular complexity index is 623. The molecule has 0 saturated carbocycles. The number of hydrogen-bond acceptors (Lipinski definition) is 8. The molecule has 0 saturated heterocycles. The third-order valence-corrected chi connectivity index (χ3v) is 23.6. The van der Waals surface area contributed by atoms with Crippen LogP contribution in [-0.2, 0) is 118 Å². The van der Waals surface area contributed by atoms with Crippen LogP contribution in [0.3, 0.4) is 0 Å². The summed E-state index contributed by atoms with van der Waals surface area (Å²) in [6.45, 7) is 17.6. The van der Waals surface area contributed by atoms with E-state index in [0.717, 1.165) is 49.3 Å². The van der Waals surface area contributed by atoms with Crippen LogP contribution in [0, 0.1) is 0 Å². The first-order chi connectivity index (χ1) is 20.5. The van der Waals surface area contributed by atoms with Crippen LogP contribution in [0.1, 0.15) is 158 Å². The van der Waals surface area contributed by atoms with Crippen molar-refractivity contribution in [3.05, 3.63) is 0 Å². The van der Waals surface area contributed by atoms with Crippen molar-refractivity contribution in [2.24, 2.45) is 0 Å². The van der Waals surface area contributed by atoms with Gasteiger partial charge in [0, 0.05) is 0 Å². The Morgan fingerprint density at radius 2 is 0.378 bits per heavy atom. The van der Waals surface area contributed by atoms with E-state index in [1.54, 1.807) is 0 Å². The van der Waals surface area contributed by atoms with Gasteiger partial charge in [-0.05, 0) is 49.3 Å². The van der Waals surface area contributed by atoms with E-state index in [-0.39, 0.29) is 21.7 Å². The van der Waals surface area contributed by atoms with Gasteiger partial charge in [0.1, 0.15) is 0 Å². The molecule has 0 aliphatic carbocycles. The molecule has 0 aliphatic heterocycles. The second kappa shape index (κ2) is 39.9. The van der Waals surface area contributed by atoms with E-state index >= 15 is 0 Å². The Hall–Kier alpha value is 4.71. The van der Waals surface area contributed by atoms with Crippen LogP contribution in [0.5, 0.6) is 0 Å². The summed E-state index contributed by atoms with van der Waals surface area (Å²) in [5.74, 6) is 0. The smallest absolute Gasteiger partial charge is 0.746 e. The minimum Gasteiger partial charge on any atom is -0.746 e. The van der Waals surface area contributed by atoms with Gasteiger partial charge in [-0.15, -0.1) is 47.2 Å². The standard InChI is InChI=1S/4C8H19PS2.Ti/c4*1-3-5-7-9(10,11)8-6-4-2;/h4*3-8H2,1-2H3,(H,10,11);/q;;;;+4/p-4. The minimum atomic E-state index is -1.31. The van der Waals surface area contributed by atoms with E-state index < -0.39 is 21.0 Å². The fourth-order valence-corrected chi connectivity index (χ4v) is 17.1. The molecule has 0 amide bonds. The summed E-state index contributed by atoms with van der Waals surface area (Å²) in [4.78, 5) is 0. The Morgan fingerprint density at radius 3 is 0.444 bits per heavy atom. The number of unbranched alkanes of at least 4 members (excludes halogenated alkanes) is 8. The minimum absolute atomic E-state index is 0. The zero-order chi connectivity index (χ0) is 35.0. The molecule has 0 heterocycles. The van der Waals surface area contributed by atoms with Crippen molar-refractivity contribution in [1.29, 1.82) is 0 Å². The Labute approximate surface area is 342 Å². The van der Waals surface area contributed by atoms with E-state index in [2.05, 4.69) is 55.4 Å². The van der Waals surface area contributed by atoms with Crippen molar-refractivity contribution in [2.45, 2.75) is 158 Å². The molecule has 0 fully saturated rings. The average molecular weight is 885 g/mol. The van der Waals surface area contributed by atoms with Crippen LogP contribution >= 0.6 is 21.0 Å². The van der Waals surface area contributed by atoms with E-state index in [4.69, 9.17) is 96.2 Å². The third-order valence-electron chi connectivity index (χ3n) is 6.82. The van der Waals surface area contributed by atoms with Crippen LogP contribution in [0.15, 0.2) is 0 Å². The maximum atomic E-state index is 5.40. The summed E-state index contributed by atoms with van der Waals surface area (Å²) in [5, 5.41) is -5.24. The van der Waals surface area contributed by atoms with Crippen LogP contribution in [0.4, 0.5) is 0 Å².